The summed E-state index contributed by atoms with van der Waals surface area (Å²) in [5.41, 5.74) is 1.21. The summed E-state index contributed by atoms with van der Waals surface area (Å²) < 4.78 is 5.04. The fourth-order valence-electron chi connectivity index (χ4n) is 2.42. The van der Waals surface area contributed by atoms with Gasteiger partial charge in [0.05, 0.1) is 17.3 Å². The predicted octanol–water partition coefficient (Wildman–Crippen LogP) is 1.17. The van der Waals surface area contributed by atoms with E-state index in [-0.39, 0.29) is 36.9 Å². The first-order valence-corrected chi connectivity index (χ1v) is 6.92. The van der Waals surface area contributed by atoms with Gasteiger partial charge in [-0.05, 0) is 24.5 Å². The molecule has 1 heterocycles. The van der Waals surface area contributed by atoms with E-state index in [2.05, 4.69) is 5.32 Å². The normalized spacial score (nSPS) is 23.1. The quantitative estimate of drug-likeness (QED) is 0.847. The van der Waals surface area contributed by atoms with Crippen LogP contribution < -0.4 is 10.2 Å². The number of hydrogen-bond donors (Lipinski definition) is 1. The molecule has 1 N–H and O–H groups in total. The van der Waals surface area contributed by atoms with Crippen LogP contribution in [0.25, 0.3) is 0 Å². The maximum Gasteiger partial charge on any atom is 0.309 e. The van der Waals surface area contributed by atoms with E-state index < -0.39 is 0 Å². The molecule has 1 aliphatic heterocycles. The van der Waals surface area contributed by atoms with Gasteiger partial charge in [-0.15, -0.1) is 0 Å². The van der Waals surface area contributed by atoms with Crippen molar-refractivity contribution < 1.29 is 19.1 Å². The Kier molecular flexibility index (Phi) is 3.37. The van der Waals surface area contributed by atoms with E-state index in [1.54, 1.807) is 24.3 Å². The second-order valence-electron chi connectivity index (χ2n) is 5.47. The van der Waals surface area contributed by atoms with Gasteiger partial charge < -0.3 is 10.1 Å². The summed E-state index contributed by atoms with van der Waals surface area (Å²) in [5.74, 6) is -0.711. The number of rotatable bonds is 3. The molecule has 2 aliphatic rings. The molecule has 21 heavy (non-hydrogen) atoms. The Morgan fingerprint density at radius 3 is 2.81 bits per heavy atom. The minimum Gasteiger partial charge on any atom is -0.455 e. The molecular formula is C15H16N2O4. The zero-order valence-corrected chi connectivity index (χ0v) is 11.7. The standard InChI is InChI=1S/C15H16N2O4/c1-9-6-10(9)15(20)21-8-14(19)17-7-13(18)16-11-4-2-3-5-12(11)17/h2-5,9-10H,6-8H2,1H3,(H,16,18)/t9-,10+/m0/s1. The largest absolute Gasteiger partial charge is 0.455 e. The Hall–Kier alpha value is -2.37. The Morgan fingerprint density at radius 2 is 2.10 bits per heavy atom. The van der Waals surface area contributed by atoms with Crippen molar-refractivity contribution in [3.8, 4) is 0 Å². The lowest BCUT2D eigenvalue weighted by Gasteiger charge is -2.28. The lowest BCUT2D eigenvalue weighted by atomic mass is 10.2. The van der Waals surface area contributed by atoms with Gasteiger partial charge in [-0.3, -0.25) is 19.3 Å². The van der Waals surface area contributed by atoms with Crippen molar-refractivity contribution in [1.29, 1.82) is 0 Å². The van der Waals surface area contributed by atoms with Crippen LogP contribution in [-0.2, 0) is 19.1 Å². The molecule has 0 saturated heterocycles. The van der Waals surface area contributed by atoms with E-state index in [0.29, 0.717) is 17.3 Å². The number of nitrogens with zero attached hydrogens (tertiary/aromatic N) is 1. The topological polar surface area (TPSA) is 75.7 Å². The summed E-state index contributed by atoms with van der Waals surface area (Å²) in [6.07, 6.45) is 0.821. The third kappa shape index (κ3) is 2.74. The Balaban J connectivity index is 1.67. The number of anilines is 2. The number of fused-ring (bicyclic) bond motifs is 1. The van der Waals surface area contributed by atoms with E-state index in [1.807, 2.05) is 6.92 Å². The summed E-state index contributed by atoms with van der Waals surface area (Å²) in [7, 11) is 0. The molecule has 1 aliphatic carbocycles. The summed E-state index contributed by atoms with van der Waals surface area (Å²) >= 11 is 0. The molecule has 0 spiro atoms. The molecule has 6 nitrogen and oxygen atoms in total. The zero-order chi connectivity index (χ0) is 15.0. The Bertz CT molecular complexity index is 613. The van der Waals surface area contributed by atoms with Gasteiger partial charge in [0, 0.05) is 0 Å². The fraction of sp³-hybridized carbons (Fsp3) is 0.400. The van der Waals surface area contributed by atoms with Crippen LogP contribution in [0.1, 0.15) is 13.3 Å². The Morgan fingerprint density at radius 1 is 1.38 bits per heavy atom. The number of carbonyl (C=O) groups excluding carboxylic acids is 3. The highest BCUT2D eigenvalue weighted by Gasteiger charge is 2.41. The van der Waals surface area contributed by atoms with Crippen molar-refractivity contribution in [3.05, 3.63) is 24.3 Å². The second kappa shape index (κ2) is 5.20. The van der Waals surface area contributed by atoms with Crippen LogP contribution in [0.5, 0.6) is 0 Å². The summed E-state index contributed by atoms with van der Waals surface area (Å²) in [4.78, 5) is 36.8. The van der Waals surface area contributed by atoms with Crippen molar-refractivity contribution in [2.75, 3.05) is 23.4 Å². The number of ether oxygens (including phenoxy) is 1. The highest BCUT2D eigenvalue weighted by molar-refractivity contribution is 6.10. The number of benzene rings is 1. The molecule has 1 aromatic rings. The fourth-order valence-corrected chi connectivity index (χ4v) is 2.42. The zero-order valence-electron chi connectivity index (χ0n) is 11.7. The predicted molar refractivity (Wildman–Crippen MR) is 75.7 cm³/mol. The molecule has 3 rings (SSSR count). The first-order valence-electron chi connectivity index (χ1n) is 6.92. The van der Waals surface area contributed by atoms with Gasteiger partial charge >= 0.3 is 5.97 Å². The molecule has 110 valence electrons. The van der Waals surface area contributed by atoms with Gasteiger partial charge in [-0.1, -0.05) is 19.1 Å². The SMILES string of the molecule is C[C@H]1C[C@H]1C(=O)OCC(=O)N1CC(=O)Nc2ccccc21. The van der Waals surface area contributed by atoms with Gasteiger partial charge in [0.1, 0.15) is 6.54 Å². The van der Waals surface area contributed by atoms with E-state index >= 15 is 0 Å². The van der Waals surface area contributed by atoms with E-state index in [9.17, 15) is 14.4 Å². The third-order valence-corrected chi connectivity index (χ3v) is 3.82. The van der Waals surface area contributed by atoms with Crippen LogP contribution in [0.15, 0.2) is 24.3 Å². The van der Waals surface area contributed by atoms with Crippen LogP contribution in [0, 0.1) is 11.8 Å². The maximum absolute atomic E-state index is 12.2. The summed E-state index contributed by atoms with van der Waals surface area (Å²) in [6.45, 7) is 1.58. The minimum atomic E-state index is -0.390. The van der Waals surface area contributed by atoms with E-state index in [4.69, 9.17) is 4.74 Å². The minimum absolute atomic E-state index is 0.0623. The number of nitrogens with one attached hydrogen (secondary N) is 1. The Labute approximate surface area is 122 Å². The molecule has 1 aromatic carbocycles. The van der Waals surface area contributed by atoms with E-state index in [0.717, 1.165) is 6.42 Å². The lowest BCUT2D eigenvalue weighted by Crippen LogP contribution is -2.44. The first kappa shape index (κ1) is 13.6. The molecule has 6 heteroatoms. The average molecular weight is 288 g/mol. The lowest BCUT2D eigenvalue weighted by molar-refractivity contribution is -0.149. The number of hydrogen-bond acceptors (Lipinski definition) is 4. The first-order chi connectivity index (χ1) is 10.1. The van der Waals surface area contributed by atoms with Crippen molar-refractivity contribution in [3.63, 3.8) is 0 Å². The van der Waals surface area contributed by atoms with Gasteiger partial charge in [-0.25, -0.2) is 0 Å². The molecule has 0 unspecified atom stereocenters. The number of amides is 2. The van der Waals surface area contributed by atoms with Gasteiger partial charge in [-0.2, -0.15) is 0 Å². The molecule has 2 amide bonds. The molecule has 0 bridgehead atoms. The van der Waals surface area contributed by atoms with Crippen LogP contribution in [-0.4, -0.2) is 30.9 Å². The van der Waals surface area contributed by atoms with Gasteiger partial charge in [0.15, 0.2) is 6.61 Å². The van der Waals surface area contributed by atoms with Gasteiger partial charge in [0.25, 0.3) is 5.91 Å². The van der Waals surface area contributed by atoms with Crippen LogP contribution in [0.4, 0.5) is 11.4 Å². The summed E-state index contributed by atoms with van der Waals surface area (Å²) in [6, 6.07) is 7.04. The van der Waals surface area contributed by atoms with Crippen molar-refractivity contribution in [2.24, 2.45) is 11.8 Å². The number of esters is 1. The van der Waals surface area contributed by atoms with Crippen LogP contribution in [0.2, 0.25) is 0 Å². The maximum atomic E-state index is 12.2. The molecule has 1 fully saturated rings. The third-order valence-electron chi connectivity index (χ3n) is 3.82. The average Bonchev–Trinajstić information content (AvgIpc) is 3.20. The summed E-state index contributed by atoms with van der Waals surface area (Å²) in [5, 5.41) is 2.70. The highest BCUT2D eigenvalue weighted by atomic mass is 16.5. The van der Waals surface area contributed by atoms with E-state index in [1.165, 1.54) is 4.90 Å². The molecule has 2 atom stereocenters. The molecular weight excluding hydrogens is 272 g/mol. The number of para-hydroxylation sites is 2. The van der Waals surface area contributed by atoms with Crippen molar-refractivity contribution in [2.45, 2.75) is 13.3 Å². The van der Waals surface area contributed by atoms with Gasteiger partial charge in [0.2, 0.25) is 5.91 Å². The number of carbonyl (C=O) groups is 3. The smallest absolute Gasteiger partial charge is 0.309 e. The monoisotopic (exact) mass is 288 g/mol. The molecule has 0 radical (unpaired) electrons. The van der Waals surface area contributed by atoms with Crippen LogP contribution >= 0.6 is 0 Å². The van der Waals surface area contributed by atoms with Crippen LogP contribution in [0.3, 0.4) is 0 Å². The second-order valence-corrected chi connectivity index (χ2v) is 5.47. The molecule has 1 saturated carbocycles. The molecule has 0 aromatic heterocycles. The van der Waals surface area contributed by atoms with Crippen molar-refractivity contribution in [1.82, 2.24) is 0 Å². The van der Waals surface area contributed by atoms with Crippen molar-refractivity contribution >= 4 is 29.2 Å². The highest BCUT2D eigenvalue weighted by Crippen LogP contribution is 2.38.